The molecule has 0 aromatic rings. The van der Waals surface area contributed by atoms with Crippen LogP contribution in [0.4, 0.5) is 0 Å². The quantitative estimate of drug-likeness (QED) is 0.672. The summed E-state index contributed by atoms with van der Waals surface area (Å²) in [5.41, 5.74) is 3.40. The van der Waals surface area contributed by atoms with Gasteiger partial charge in [0.25, 0.3) is 0 Å². The van der Waals surface area contributed by atoms with Crippen LogP contribution in [0.25, 0.3) is 0 Å². The monoisotopic (exact) mass is 302 g/mol. The normalized spacial score (nSPS) is 41.8. The zero-order valence-electron chi connectivity index (χ0n) is 14.5. The Morgan fingerprint density at radius 3 is 2.55 bits per heavy atom. The van der Waals surface area contributed by atoms with Crippen LogP contribution in [0, 0.1) is 22.7 Å². The van der Waals surface area contributed by atoms with Crippen molar-refractivity contribution in [2.24, 2.45) is 22.7 Å². The predicted molar refractivity (Wildman–Crippen MR) is 89.4 cm³/mol. The van der Waals surface area contributed by atoms with Crippen molar-refractivity contribution in [1.29, 1.82) is 0 Å². The smallest absolute Gasteiger partial charge is 0.145 e. The molecule has 122 valence electrons. The molecule has 22 heavy (non-hydrogen) atoms. The van der Waals surface area contributed by atoms with E-state index in [0.717, 1.165) is 19.3 Å². The van der Waals surface area contributed by atoms with Gasteiger partial charge in [-0.3, -0.25) is 4.79 Å². The predicted octanol–water partition coefficient (Wildman–Crippen LogP) is 4.44. The summed E-state index contributed by atoms with van der Waals surface area (Å²) in [4.78, 5) is 13.2. The summed E-state index contributed by atoms with van der Waals surface area (Å²) in [6.45, 7) is 13.1. The van der Waals surface area contributed by atoms with Gasteiger partial charge in [-0.15, -0.1) is 0 Å². The van der Waals surface area contributed by atoms with Gasteiger partial charge in [-0.1, -0.05) is 37.1 Å². The minimum atomic E-state index is -0.632. The molecule has 0 heterocycles. The lowest BCUT2D eigenvalue weighted by Gasteiger charge is -2.53. The lowest BCUT2D eigenvalue weighted by atomic mass is 9.51. The Morgan fingerprint density at radius 2 is 1.86 bits per heavy atom. The number of fused-ring (bicyclic) bond motifs is 3. The molecule has 0 spiro atoms. The second-order valence-corrected chi connectivity index (χ2v) is 8.60. The van der Waals surface area contributed by atoms with E-state index in [0.29, 0.717) is 18.8 Å². The number of aliphatic hydroxyl groups excluding tert-OH is 1. The summed E-state index contributed by atoms with van der Waals surface area (Å²) >= 11 is 0. The van der Waals surface area contributed by atoms with E-state index in [1.54, 1.807) is 0 Å². The van der Waals surface area contributed by atoms with Crippen LogP contribution in [-0.4, -0.2) is 17.0 Å². The van der Waals surface area contributed by atoms with E-state index in [-0.39, 0.29) is 17.1 Å². The first-order chi connectivity index (χ1) is 10.2. The average molecular weight is 302 g/mol. The summed E-state index contributed by atoms with van der Waals surface area (Å²) < 4.78 is 0. The van der Waals surface area contributed by atoms with E-state index in [9.17, 15) is 9.90 Å². The van der Waals surface area contributed by atoms with Gasteiger partial charge < -0.3 is 5.11 Å². The molecule has 2 heteroatoms. The number of aliphatic hydroxyl groups is 1. The molecule has 3 aliphatic carbocycles. The van der Waals surface area contributed by atoms with Gasteiger partial charge in [0.15, 0.2) is 0 Å². The topological polar surface area (TPSA) is 37.3 Å². The molecule has 0 unspecified atom stereocenters. The Hall–Kier alpha value is -0.890. The van der Waals surface area contributed by atoms with Gasteiger partial charge in [0.1, 0.15) is 5.78 Å². The maximum atomic E-state index is 13.2. The number of allylic oxidation sites excluding steroid dienone is 3. The van der Waals surface area contributed by atoms with Crippen molar-refractivity contribution in [1.82, 2.24) is 0 Å². The molecular formula is C20H30O2. The molecule has 0 aliphatic heterocycles. The summed E-state index contributed by atoms with van der Waals surface area (Å²) in [6, 6.07) is 0. The summed E-state index contributed by atoms with van der Waals surface area (Å²) in [7, 11) is 0. The second-order valence-electron chi connectivity index (χ2n) is 8.60. The Morgan fingerprint density at radius 1 is 1.18 bits per heavy atom. The highest BCUT2D eigenvalue weighted by atomic mass is 16.3. The second kappa shape index (κ2) is 5.06. The van der Waals surface area contributed by atoms with Crippen LogP contribution in [-0.2, 0) is 4.79 Å². The van der Waals surface area contributed by atoms with Crippen LogP contribution in [0.1, 0.15) is 66.2 Å². The van der Waals surface area contributed by atoms with Gasteiger partial charge in [-0.25, -0.2) is 0 Å². The zero-order chi connectivity index (χ0) is 16.3. The van der Waals surface area contributed by atoms with Crippen LogP contribution in [0.3, 0.4) is 0 Å². The molecule has 3 aliphatic rings. The standard InChI is InChI=1S/C20H30O2/c1-12-6-8-14-10-16-13(2)7-9-17(21)20(16,5)18(22)11-15(12)19(14,3)4/h14,16-17,21H,2,6-11H2,1,3-5H3/t14-,16+,17-,20-/m0/s1. The number of hydrogen-bond donors (Lipinski definition) is 1. The third-order valence-electron chi connectivity index (χ3n) is 7.29. The SMILES string of the molecule is C=C1CC[C@H](O)[C@@]2(C)C(=O)CC3=C(C)CC[C@@H](C[C@H]12)C3(C)C. The van der Waals surface area contributed by atoms with Crippen LogP contribution < -0.4 is 0 Å². The highest BCUT2D eigenvalue weighted by molar-refractivity contribution is 5.88. The first kappa shape index (κ1) is 16.0. The summed E-state index contributed by atoms with van der Waals surface area (Å²) in [6.07, 6.45) is 4.88. The van der Waals surface area contributed by atoms with Gasteiger partial charge in [0.2, 0.25) is 0 Å². The van der Waals surface area contributed by atoms with E-state index < -0.39 is 11.5 Å². The Balaban J connectivity index is 2.11. The number of rotatable bonds is 0. The van der Waals surface area contributed by atoms with Gasteiger partial charge in [0.05, 0.1) is 11.5 Å². The van der Waals surface area contributed by atoms with Crippen LogP contribution in [0.15, 0.2) is 23.3 Å². The number of hydrogen-bond acceptors (Lipinski definition) is 2. The highest BCUT2D eigenvalue weighted by Crippen LogP contribution is 2.57. The minimum absolute atomic E-state index is 0.0992. The van der Waals surface area contributed by atoms with Crippen molar-refractivity contribution in [3.05, 3.63) is 23.3 Å². The van der Waals surface area contributed by atoms with Crippen molar-refractivity contribution in [3.63, 3.8) is 0 Å². The van der Waals surface area contributed by atoms with Crippen molar-refractivity contribution in [2.75, 3.05) is 0 Å². The fourth-order valence-corrected chi connectivity index (χ4v) is 5.37. The molecule has 0 amide bonds. The Bertz CT molecular complexity index is 554. The lowest BCUT2D eigenvalue weighted by Crippen LogP contribution is -2.53. The molecule has 0 radical (unpaired) electrons. The van der Waals surface area contributed by atoms with Gasteiger partial charge in [-0.2, -0.15) is 0 Å². The van der Waals surface area contributed by atoms with Gasteiger partial charge >= 0.3 is 0 Å². The molecule has 0 saturated heterocycles. The molecule has 2 nitrogen and oxygen atoms in total. The van der Waals surface area contributed by atoms with E-state index in [1.807, 2.05) is 6.92 Å². The van der Waals surface area contributed by atoms with Crippen LogP contribution in [0.5, 0.6) is 0 Å². The lowest BCUT2D eigenvalue weighted by molar-refractivity contribution is -0.142. The summed E-state index contributed by atoms with van der Waals surface area (Å²) in [5, 5.41) is 10.6. The van der Waals surface area contributed by atoms with E-state index in [4.69, 9.17) is 0 Å². The fourth-order valence-electron chi connectivity index (χ4n) is 5.37. The molecule has 3 rings (SSSR count). The van der Waals surface area contributed by atoms with Gasteiger partial charge in [-0.05, 0) is 63.2 Å². The largest absolute Gasteiger partial charge is 0.392 e. The zero-order valence-corrected chi connectivity index (χ0v) is 14.5. The maximum Gasteiger partial charge on any atom is 0.145 e. The number of ketones is 1. The molecule has 0 aromatic carbocycles. The fraction of sp³-hybridized carbons (Fsp3) is 0.750. The van der Waals surface area contributed by atoms with Crippen molar-refractivity contribution >= 4 is 5.78 Å². The van der Waals surface area contributed by atoms with Crippen LogP contribution in [0.2, 0.25) is 0 Å². The molecule has 1 N–H and O–H groups in total. The molecule has 4 atom stereocenters. The van der Waals surface area contributed by atoms with Crippen molar-refractivity contribution in [2.45, 2.75) is 72.3 Å². The van der Waals surface area contributed by atoms with E-state index in [1.165, 1.54) is 23.1 Å². The molecule has 2 bridgehead atoms. The van der Waals surface area contributed by atoms with E-state index >= 15 is 0 Å². The average Bonchev–Trinajstić information content (AvgIpc) is 2.45. The third kappa shape index (κ3) is 2.06. The number of carbonyl (C=O) groups excluding carboxylic acids is 1. The van der Waals surface area contributed by atoms with Crippen molar-refractivity contribution < 1.29 is 9.90 Å². The van der Waals surface area contributed by atoms with Gasteiger partial charge in [0, 0.05) is 6.42 Å². The van der Waals surface area contributed by atoms with E-state index in [2.05, 4.69) is 27.4 Å². The first-order valence-corrected chi connectivity index (χ1v) is 8.77. The molecular weight excluding hydrogens is 272 g/mol. The maximum absolute atomic E-state index is 13.2. The molecule has 2 fully saturated rings. The minimum Gasteiger partial charge on any atom is -0.392 e. The number of Topliss-reactive ketones (excluding diaryl/α,β-unsaturated/α-hetero) is 1. The third-order valence-corrected chi connectivity index (χ3v) is 7.29. The summed E-state index contributed by atoms with van der Waals surface area (Å²) in [5.74, 6) is 0.965. The molecule has 2 saturated carbocycles. The van der Waals surface area contributed by atoms with Crippen LogP contribution >= 0.6 is 0 Å². The number of carbonyl (C=O) groups is 1. The first-order valence-electron chi connectivity index (χ1n) is 8.77. The Labute approximate surface area is 134 Å². The molecule has 0 aromatic heterocycles. The van der Waals surface area contributed by atoms with Crippen molar-refractivity contribution in [3.8, 4) is 0 Å². The Kier molecular flexibility index (Phi) is 3.67. The highest BCUT2D eigenvalue weighted by Gasteiger charge is 2.54.